The summed E-state index contributed by atoms with van der Waals surface area (Å²) in [5, 5.41) is 3.22. The summed E-state index contributed by atoms with van der Waals surface area (Å²) >= 11 is 0. The summed E-state index contributed by atoms with van der Waals surface area (Å²) in [4.78, 5) is 20.5. The molecular formula is C12H15NO3. The van der Waals surface area contributed by atoms with Gasteiger partial charge in [-0.1, -0.05) is 18.2 Å². The molecule has 2 rings (SSSR count). The second-order valence-electron chi connectivity index (χ2n) is 3.32. The summed E-state index contributed by atoms with van der Waals surface area (Å²) in [6.45, 7) is 2.62. The third-order valence-electron chi connectivity index (χ3n) is 2.12. The SMILES string of the molecule is C1CCNC1.O=COC(=O)c1ccccc1. The van der Waals surface area contributed by atoms with Crippen LogP contribution in [0.25, 0.3) is 0 Å². The average Bonchev–Trinajstić information content (AvgIpc) is 2.89. The summed E-state index contributed by atoms with van der Waals surface area (Å²) in [6, 6.07) is 8.32. The lowest BCUT2D eigenvalue weighted by atomic mass is 10.2. The van der Waals surface area contributed by atoms with Gasteiger partial charge in [-0.2, -0.15) is 0 Å². The summed E-state index contributed by atoms with van der Waals surface area (Å²) in [5.74, 6) is -0.624. The quantitative estimate of drug-likeness (QED) is 0.465. The Morgan fingerprint density at radius 3 is 2.25 bits per heavy atom. The van der Waals surface area contributed by atoms with Gasteiger partial charge >= 0.3 is 12.4 Å². The van der Waals surface area contributed by atoms with Crippen LogP contribution in [0.4, 0.5) is 0 Å². The zero-order valence-corrected chi connectivity index (χ0v) is 9.02. The molecule has 0 amide bonds. The minimum Gasteiger partial charge on any atom is -0.392 e. The maximum atomic E-state index is 10.8. The van der Waals surface area contributed by atoms with Gasteiger partial charge in [0.15, 0.2) is 0 Å². The first-order chi connectivity index (χ1) is 7.84. The Kier molecular flexibility index (Phi) is 5.88. The van der Waals surface area contributed by atoms with Gasteiger partial charge in [0, 0.05) is 0 Å². The van der Waals surface area contributed by atoms with Crippen LogP contribution in [0.15, 0.2) is 30.3 Å². The smallest absolute Gasteiger partial charge is 0.345 e. The molecule has 4 nitrogen and oxygen atoms in total. The van der Waals surface area contributed by atoms with E-state index in [1.807, 2.05) is 0 Å². The van der Waals surface area contributed by atoms with E-state index in [1.165, 1.54) is 25.9 Å². The molecule has 1 heterocycles. The molecule has 0 bridgehead atoms. The second-order valence-corrected chi connectivity index (χ2v) is 3.32. The summed E-state index contributed by atoms with van der Waals surface area (Å²) in [6.07, 6.45) is 2.78. The Morgan fingerprint density at radius 1 is 1.19 bits per heavy atom. The number of hydrogen-bond acceptors (Lipinski definition) is 4. The van der Waals surface area contributed by atoms with E-state index < -0.39 is 5.97 Å². The highest BCUT2D eigenvalue weighted by Crippen LogP contribution is 1.99. The fourth-order valence-electron chi connectivity index (χ4n) is 1.31. The van der Waals surface area contributed by atoms with Gasteiger partial charge in [-0.25, -0.2) is 4.79 Å². The third kappa shape index (κ3) is 4.70. The molecule has 1 aliphatic heterocycles. The summed E-state index contributed by atoms with van der Waals surface area (Å²) in [5.41, 5.74) is 0.375. The molecule has 0 aliphatic carbocycles. The van der Waals surface area contributed by atoms with Gasteiger partial charge in [0.1, 0.15) is 0 Å². The van der Waals surface area contributed by atoms with Crippen LogP contribution in [0.2, 0.25) is 0 Å². The van der Waals surface area contributed by atoms with E-state index in [-0.39, 0.29) is 6.47 Å². The number of benzene rings is 1. The van der Waals surface area contributed by atoms with Crippen LogP contribution >= 0.6 is 0 Å². The first-order valence-electron chi connectivity index (χ1n) is 5.25. The normalized spacial score (nSPS) is 13.5. The van der Waals surface area contributed by atoms with E-state index >= 15 is 0 Å². The Labute approximate surface area is 94.6 Å². The van der Waals surface area contributed by atoms with Crippen LogP contribution in [0.5, 0.6) is 0 Å². The van der Waals surface area contributed by atoms with Crippen molar-refractivity contribution in [3.8, 4) is 0 Å². The topological polar surface area (TPSA) is 55.4 Å². The van der Waals surface area contributed by atoms with Crippen LogP contribution in [-0.4, -0.2) is 25.5 Å². The molecule has 1 saturated heterocycles. The molecule has 1 aromatic rings. The second kappa shape index (κ2) is 7.59. The minimum absolute atomic E-state index is 0.120. The van der Waals surface area contributed by atoms with Crippen LogP contribution in [-0.2, 0) is 9.53 Å². The van der Waals surface area contributed by atoms with Gasteiger partial charge in [-0.05, 0) is 38.1 Å². The number of ether oxygens (including phenoxy) is 1. The molecule has 0 atom stereocenters. The van der Waals surface area contributed by atoms with Crippen molar-refractivity contribution in [1.82, 2.24) is 5.32 Å². The highest BCUT2D eigenvalue weighted by Gasteiger charge is 2.03. The van der Waals surface area contributed by atoms with E-state index in [0.717, 1.165) is 0 Å². The van der Waals surface area contributed by atoms with Gasteiger partial charge in [-0.15, -0.1) is 0 Å². The van der Waals surface area contributed by atoms with Crippen molar-refractivity contribution in [2.45, 2.75) is 12.8 Å². The lowest BCUT2D eigenvalue weighted by Crippen LogP contribution is -2.03. The van der Waals surface area contributed by atoms with E-state index in [9.17, 15) is 9.59 Å². The van der Waals surface area contributed by atoms with E-state index in [0.29, 0.717) is 5.56 Å². The van der Waals surface area contributed by atoms with Crippen molar-refractivity contribution in [1.29, 1.82) is 0 Å². The predicted molar refractivity (Wildman–Crippen MR) is 60.0 cm³/mol. The Morgan fingerprint density at radius 2 is 1.81 bits per heavy atom. The molecule has 0 aromatic heterocycles. The summed E-state index contributed by atoms with van der Waals surface area (Å²) < 4.78 is 4.11. The zero-order valence-electron chi connectivity index (χ0n) is 9.02. The van der Waals surface area contributed by atoms with Gasteiger partial charge in [0.05, 0.1) is 5.56 Å². The molecule has 1 fully saturated rings. The number of hydrogen-bond donors (Lipinski definition) is 1. The first kappa shape index (κ1) is 12.4. The molecule has 1 N–H and O–H groups in total. The van der Waals surface area contributed by atoms with Crippen molar-refractivity contribution in [2.75, 3.05) is 13.1 Å². The van der Waals surface area contributed by atoms with Crippen LogP contribution < -0.4 is 5.32 Å². The number of rotatable bonds is 2. The molecule has 0 radical (unpaired) electrons. The highest BCUT2D eigenvalue weighted by atomic mass is 16.6. The number of nitrogens with one attached hydrogen (secondary N) is 1. The Balaban J connectivity index is 0.000000212. The van der Waals surface area contributed by atoms with Crippen molar-refractivity contribution in [3.05, 3.63) is 35.9 Å². The summed E-state index contributed by atoms with van der Waals surface area (Å²) in [7, 11) is 0. The maximum Gasteiger partial charge on any atom is 0.345 e. The molecule has 1 aliphatic rings. The van der Waals surface area contributed by atoms with Crippen molar-refractivity contribution in [2.24, 2.45) is 0 Å². The van der Waals surface area contributed by atoms with E-state index in [4.69, 9.17) is 0 Å². The van der Waals surface area contributed by atoms with Crippen molar-refractivity contribution >= 4 is 12.4 Å². The minimum atomic E-state index is -0.624. The van der Waals surface area contributed by atoms with E-state index in [2.05, 4.69) is 10.1 Å². The van der Waals surface area contributed by atoms with Gasteiger partial charge in [0.25, 0.3) is 0 Å². The maximum absolute atomic E-state index is 10.8. The molecule has 4 heteroatoms. The van der Waals surface area contributed by atoms with Gasteiger partial charge < -0.3 is 10.1 Å². The van der Waals surface area contributed by atoms with Gasteiger partial charge in [-0.3, -0.25) is 4.79 Å². The van der Waals surface area contributed by atoms with Crippen LogP contribution in [0, 0.1) is 0 Å². The van der Waals surface area contributed by atoms with Crippen LogP contribution in [0.1, 0.15) is 23.2 Å². The van der Waals surface area contributed by atoms with Crippen molar-refractivity contribution in [3.63, 3.8) is 0 Å². The fraction of sp³-hybridized carbons (Fsp3) is 0.333. The van der Waals surface area contributed by atoms with E-state index in [1.54, 1.807) is 30.3 Å². The predicted octanol–water partition coefficient (Wildman–Crippen LogP) is 1.37. The molecular weight excluding hydrogens is 206 g/mol. The van der Waals surface area contributed by atoms with Gasteiger partial charge in [0.2, 0.25) is 0 Å². The first-order valence-corrected chi connectivity index (χ1v) is 5.25. The molecule has 86 valence electrons. The van der Waals surface area contributed by atoms with Crippen LogP contribution in [0.3, 0.4) is 0 Å². The number of esters is 1. The Hall–Kier alpha value is -1.68. The largest absolute Gasteiger partial charge is 0.392 e. The average molecular weight is 221 g/mol. The third-order valence-corrected chi connectivity index (χ3v) is 2.12. The molecule has 1 aromatic carbocycles. The fourth-order valence-corrected chi connectivity index (χ4v) is 1.31. The molecule has 0 saturated carbocycles. The molecule has 0 spiro atoms. The zero-order chi connectivity index (χ0) is 11.6. The Bertz CT molecular complexity index is 313. The molecule has 16 heavy (non-hydrogen) atoms. The van der Waals surface area contributed by atoms with Crippen molar-refractivity contribution < 1.29 is 14.3 Å². The number of carbonyl (C=O) groups excluding carboxylic acids is 2. The highest BCUT2D eigenvalue weighted by molar-refractivity contribution is 5.92. The standard InChI is InChI=1S/C8H6O3.C4H9N/c9-6-11-8(10)7-4-2-1-3-5-7;1-2-4-5-3-1/h1-6H;5H,1-4H2. The molecule has 0 unspecified atom stereocenters. The number of carbonyl (C=O) groups is 2. The lowest BCUT2D eigenvalue weighted by molar-refractivity contribution is -0.123. The lowest BCUT2D eigenvalue weighted by Gasteiger charge is -1.94. The monoisotopic (exact) mass is 221 g/mol.